The normalized spacial score (nSPS) is 13.6. The van der Waals surface area contributed by atoms with Gasteiger partial charge < -0.3 is 4.42 Å². The minimum Gasteiger partial charge on any atom is -0.455 e. The molecule has 1 aliphatic heterocycles. The number of hydrogen-bond acceptors (Lipinski definition) is 5. The fourth-order valence-corrected chi connectivity index (χ4v) is 3.70. The standard InChI is InChI=1S/C17H14Cl2N4OS/c1-2-3-16-20-21-17-23(16)22-13(9-25-17)15-7-6-14(24-15)10-4-5-11(18)12(19)8-10/h4-8H,2-3,9H2,1H3. The van der Waals surface area contributed by atoms with E-state index in [2.05, 4.69) is 22.2 Å². The lowest BCUT2D eigenvalue weighted by Gasteiger charge is -2.11. The number of rotatable bonds is 4. The Kier molecular flexibility index (Phi) is 4.58. The van der Waals surface area contributed by atoms with Crippen molar-refractivity contribution in [2.24, 2.45) is 5.10 Å². The average molecular weight is 393 g/mol. The number of benzene rings is 1. The van der Waals surface area contributed by atoms with Crippen molar-refractivity contribution in [2.75, 3.05) is 5.75 Å². The maximum absolute atomic E-state index is 6.09. The van der Waals surface area contributed by atoms with Crippen molar-refractivity contribution in [3.8, 4) is 11.3 Å². The van der Waals surface area contributed by atoms with Crippen LogP contribution < -0.4 is 0 Å². The van der Waals surface area contributed by atoms with Crippen LogP contribution in [0.15, 0.2) is 45.0 Å². The molecule has 5 nitrogen and oxygen atoms in total. The third-order valence-corrected chi connectivity index (χ3v) is 5.47. The van der Waals surface area contributed by atoms with Crippen LogP contribution in [0.5, 0.6) is 0 Å². The van der Waals surface area contributed by atoms with E-state index < -0.39 is 0 Å². The molecule has 128 valence electrons. The number of hydrogen-bond donors (Lipinski definition) is 0. The molecule has 0 unspecified atom stereocenters. The minimum absolute atomic E-state index is 0.501. The summed E-state index contributed by atoms with van der Waals surface area (Å²) in [5.74, 6) is 3.02. The highest BCUT2D eigenvalue weighted by molar-refractivity contribution is 7.99. The Labute approximate surface area is 159 Å². The second-order valence-corrected chi connectivity index (χ2v) is 7.35. The Bertz CT molecular complexity index is 963. The number of thioether (sulfide) groups is 1. The summed E-state index contributed by atoms with van der Waals surface area (Å²) in [5.41, 5.74) is 1.74. The molecule has 8 heteroatoms. The van der Waals surface area contributed by atoms with Crippen LogP contribution in [0.2, 0.25) is 10.0 Å². The monoisotopic (exact) mass is 392 g/mol. The number of aromatic nitrogens is 3. The van der Waals surface area contributed by atoms with Gasteiger partial charge in [-0.05, 0) is 36.8 Å². The molecule has 0 radical (unpaired) electrons. The summed E-state index contributed by atoms with van der Waals surface area (Å²) in [6.07, 6.45) is 1.84. The first-order valence-corrected chi connectivity index (χ1v) is 9.60. The molecule has 4 rings (SSSR count). The minimum atomic E-state index is 0.501. The molecule has 2 aromatic heterocycles. The van der Waals surface area contributed by atoms with Crippen molar-refractivity contribution in [3.63, 3.8) is 0 Å². The molecule has 1 aliphatic rings. The molecule has 0 atom stereocenters. The zero-order valence-corrected chi connectivity index (χ0v) is 15.7. The van der Waals surface area contributed by atoms with Crippen LogP contribution in [-0.4, -0.2) is 26.3 Å². The van der Waals surface area contributed by atoms with Crippen LogP contribution in [0.1, 0.15) is 24.9 Å². The van der Waals surface area contributed by atoms with Crippen LogP contribution in [0, 0.1) is 0 Å². The summed E-state index contributed by atoms with van der Waals surface area (Å²) < 4.78 is 7.81. The predicted molar refractivity (Wildman–Crippen MR) is 101 cm³/mol. The Balaban J connectivity index is 1.67. The summed E-state index contributed by atoms with van der Waals surface area (Å²) in [5, 5.41) is 14.9. The van der Waals surface area contributed by atoms with Crippen molar-refractivity contribution < 1.29 is 4.42 Å². The molecular weight excluding hydrogens is 379 g/mol. The van der Waals surface area contributed by atoms with E-state index >= 15 is 0 Å². The zero-order valence-electron chi connectivity index (χ0n) is 13.4. The van der Waals surface area contributed by atoms with Gasteiger partial charge in [-0.1, -0.05) is 41.9 Å². The first-order chi connectivity index (χ1) is 12.2. The van der Waals surface area contributed by atoms with Gasteiger partial charge in [-0.3, -0.25) is 0 Å². The maximum atomic E-state index is 6.09. The van der Waals surface area contributed by atoms with E-state index in [0.717, 1.165) is 46.6 Å². The van der Waals surface area contributed by atoms with Gasteiger partial charge in [-0.15, -0.1) is 10.2 Å². The fraction of sp³-hybridized carbons (Fsp3) is 0.235. The molecular formula is C17H14Cl2N4OS. The molecule has 3 heterocycles. The van der Waals surface area contributed by atoms with E-state index in [-0.39, 0.29) is 0 Å². The van der Waals surface area contributed by atoms with Gasteiger partial charge in [0.2, 0.25) is 5.16 Å². The van der Waals surface area contributed by atoms with Crippen molar-refractivity contribution >= 4 is 40.7 Å². The summed E-state index contributed by atoms with van der Waals surface area (Å²) >= 11 is 13.7. The van der Waals surface area contributed by atoms with Gasteiger partial charge in [-0.25, -0.2) is 0 Å². The van der Waals surface area contributed by atoms with Gasteiger partial charge >= 0.3 is 0 Å². The lowest BCUT2D eigenvalue weighted by molar-refractivity contribution is 0.569. The Morgan fingerprint density at radius 1 is 1.12 bits per heavy atom. The lowest BCUT2D eigenvalue weighted by atomic mass is 10.2. The Morgan fingerprint density at radius 2 is 1.96 bits per heavy atom. The van der Waals surface area contributed by atoms with Gasteiger partial charge in [0.25, 0.3) is 0 Å². The molecule has 25 heavy (non-hydrogen) atoms. The second kappa shape index (κ2) is 6.86. The Hall–Kier alpha value is -1.76. The molecule has 0 amide bonds. The molecule has 0 bridgehead atoms. The van der Waals surface area contributed by atoms with Crippen LogP contribution in [-0.2, 0) is 6.42 Å². The molecule has 3 aromatic rings. The highest BCUT2D eigenvalue weighted by atomic mass is 35.5. The van der Waals surface area contributed by atoms with E-state index in [4.69, 9.17) is 27.6 Å². The highest BCUT2D eigenvalue weighted by Gasteiger charge is 2.21. The van der Waals surface area contributed by atoms with Gasteiger partial charge in [0.15, 0.2) is 11.6 Å². The number of nitrogens with zero attached hydrogens (tertiary/aromatic N) is 4. The third-order valence-electron chi connectivity index (χ3n) is 3.80. The van der Waals surface area contributed by atoms with Crippen molar-refractivity contribution in [3.05, 3.63) is 52.0 Å². The smallest absolute Gasteiger partial charge is 0.212 e. The number of aryl methyl sites for hydroxylation is 1. The fourth-order valence-electron chi connectivity index (χ4n) is 2.57. The molecule has 0 spiro atoms. The summed E-state index contributed by atoms with van der Waals surface area (Å²) in [4.78, 5) is 0. The second-order valence-electron chi connectivity index (χ2n) is 5.59. The first-order valence-electron chi connectivity index (χ1n) is 7.86. The maximum Gasteiger partial charge on any atom is 0.212 e. The van der Waals surface area contributed by atoms with Gasteiger partial charge in [-0.2, -0.15) is 9.78 Å². The Morgan fingerprint density at radius 3 is 2.76 bits per heavy atom. The van der Waals surface area contributed by atoms with Crippen LogP contribution in [0.4, 0.5) is 0 Å². The number of furan rings is 1. The summed E-state index contributed by atoms with van der Waals surface area (Å²) in [6.45, 7) is 2.11. The van der Waals surface area contributed by atoms with E-state index in [1.165, 1.54) is 0 Å². The van der Waals surface area contributed by atoms with Crippen molar-refractivity contribution in [1.82, 2.24) is 14.9 Å². The lowest BCUT2D eigenvalue weighted by Crippen LogP contribution is -2.14. The number of fused-ring (bicyclic) bond motifs is 1. The van der Waals surface area contributed by atoms with Crippen LogP contribution >= 0.6 is 35.0 Å². The first kappa shape index (κ1) is 16.7. The molecule has 1 aromatic carbocycles. The van der Waals surface area contributed by atoms with E-state index in [0.29, 0.717) is 15.8 Å². The highest BCUT2D eigenvalue weighted by Crippen LogP contribution is 2.31. The molecule has 0 saturated heterocycles. The van der Waals surface area contributed by atoms with Gasteiger partial charge in [0.1, 0.15) is 11.5 Å². The number of halogens is 2. The molecule has 0 aliphatic carbocycles. The van der Waals surface area contributed by atoms with E-state index in [1.54, 1.807) is 23.9 Å². The van der Waals surface area contributed by atoms with Crippen LogP contribution in [0.3, 0.4) is 0 Å². The summed E-state index contributed by atoms with van der Waals surface area (Å²) in [6, 6.07) is 9.27. The van der Waals surface area contributed by atoms with E-state index in [9.17, 15) is 0 Å². The van der Waals surface area contributed by atoms with Crippen LogP contribution in [0.25, 0.3) is 11.3 Å². The average Bonchev–Trinajstić information content (AvgIpc) is 3.25. The van der Waals surface area contributed by atoms with Gasteiger partial charge in [0.05, 0.1) is 10.0 Å². The molecule has 0 fully saturated rings. The SMILES string of the molecule is CCCc1nnc2n1N=C(c1ccc(-c3ccc(Cl)c(Cl)c3)o1)CS2. The predicted octanol–water partition coefficient (Wildman–Crippen LogP) is 5.16. The zero-order chi connectivity index (χ0) is 17.4. The molecule has 0 saturated carbocycles. The quantitative estimate of drug-likeness (QED) is 0.615. The topological polar surface area (TPSA) is 56.2 Å². The third kappa shape index (κ3) is 3.21. The largest absolute Gasteiger partial charge is 0.455 e. The van der Waals surface area contributed by atoms with Crippen molar-refractivity contribution in [1.29, 1.82) is 0 Å². The molecule has 0 N–H and O–H groups in total. The summed E-state index contributed by atoms with van der Waals surface area (Å²) in [7, 11) is 0. The van der Waals surface area contributed by atoms with Crippen molar-refractivity contribution in [2.45, 2.75) is 24.9 Å². The van der Waals surface area contributed by atoms with E-state index in [1.807, 2.05) is 22.9 Å². The van der Waals surface area contributed by atoms with Gasteiger partial charge in [0, 0.05) is 17.7 Å².